The molecule has 148 valence electrons. The number of nitrogens with zero attached hydrogens (tertiary/aromatic N) is 2. The number of halogens is 1. The van der Waals surface area contributed by atoms with Crippen LogP contribution in [0.15, 0.2) is 48.5 Å². The summed E-state index contributed by atoms with van der Waals surface area (Å²) in [6.07, 6.45) is 2.04. The standard InChI is InChI=1S/C22H26ClN3O2/c1-2-28-15-7-13-24-21(27)10-6-14-26-20-12-11-18(23)16-19(20)22(25-26)17-8-4-3-5-9-17/h3-5,8-9,11-12,16H,2,6-7,10,13-15H2,1H3,(H,24,27). The van der Waals surface area contributed by atoms with Crippen LogP contribution in [-0.4, -0.2) is 35.4 Å². The molecule has 1 heterocycles. The summed E-state index contributed by atoms with van der Waals surface area (Å²) in [5.74, 6) is 0.0688. The van der Waals surface area contributed by atoms with Gasteiger partial charge in [0.25, 0.3) is 0 Å². The van der Waals surface area contributed by atoms with E-state index in [9.17, 15) is 4.79 Å². The molecule has 0 aliphatic carbocycles. The van der Waals surface area contributed by atoms with Gasteiger partial charge in [-0.25, -0.2) is 0 Å². The summed E-state index contributed by atoms with van der Waals surface area (Å²) in [6.45, 7) is 4.69. The number of carbonyl (C=O) groups is 1. The fourth-order valence-electron chi connectivity index (χ4n) is 3.16. The van der Waals surface area contributed by atoms with E-state index in [0.29, 0.717) is 37.7 Å². The number of carbonyl (C=O) groups excluding carboxylic acids is 1. The van der Waals surface area contributed by atoms with Crippen molar-refractivity contribution in [2.75, 3.05) is 19.8 Å². The lowest BCUT2D eigenvalue weighted by atomic mass is 10.1. The molecule has 0 spiro atoms. The smallest absolute Gasteiger partial charge is 0.220 e. The lowest BCUT2D eigenvalue weighted by molar-refractivity contribution is -0.121. The maximum Gasteiger partial charge on any atom is 0.220 e. The minimum atomic E-state index is 0.0688. The Balaban J connectivity index is 1.63. The molecule has 5 nitrogen and oxygen atoms in total. The van der Waals surface area contributed by atoms with Gasteiger partial charge in [-0.05, 0) is 38.0 Å². The number of ether oxygens (including phenoxy) is 1. The van der Waals surface area contributed by atoms with Gasteiger partial charge in [-0.1, -0.05) is 41.9 Å². The number of benzene rings is 2. The van der Waals surface area contributed by atoms with Gasteiger partial charge in [-0.2, -0.15) is 5.10 Å². The summed E-state index contributed by atoms with van der Waals surface area (Å²) in [7, 11) is 0. The van der Waals surface area contributed by atoms with Gasteiger partial charge in [0.15, 0.2) is 0 Å². The molecule has 0 atom stereocenters. The summed E-state index contributed by atoms with van der Waals surface area (Å²) in [6, 6.07) is 15.9. The summed E-state index contributed by atoms with van der Waals surface area (Å²) in [4.78, 5) is 12.0. The third kappa shape index (κ3) is 5.33. The van der Waals surface area contributed by atoms with Crippen LogP contribution < -0.4 is 5.32 Å². The maximum atomic E-state index is 12.0. The number of amides is 1. The highest BCUT2D eigenvalue weighted by molar-refractivity contribution is 6.31. The molecule has 3 aromatic rings. The normalized spacial score (nSPS) is 11.1. The first-order valence-corrected chi connectivity index (χ1v) is 10.1. The highest BCUT2D eigenvalue weighted by Crippen LogP contribution is 2.30. The van der Waals surface area contributed by atoms with Crippen LogP contribution in [0, 0.1) is 0 Å². The molecule has 0 saturated heterocycles. The van der Waals surface area contributed by atoms with Crippen molar-refractivity contribution in [3.63, 3.8) is 0 Å². The monoisotopic (exact) mass is 399 g/mol. The largest absolute Gasteiger partial charge is 0.382 e. The Kier molecular flexibility index (Phi) is 7.46. The quantitative estimate of drug-likeness (QED) is 0.503. The number of aryl methyl sites for hydroxylation is 1. The van der Waals surface area contributed by atoms with Crippen LogP contribution in [0.5, 0.6) is 0 Å². The Labute approximate surface area is 170 Å². The summed E-state index contributed by atoms with van der Waals surface area (Å²) >= 11 is 6.21. The second kappa shape index (κ2) is 10.2. The van der Waals surface area contributed by atoms with Crippen molar-refractivity contribution in [2.24, 2.45) is 0 Å². The van der Waals surface area contributed by atoms with Gasteiger partial charge < -0.3 is 10.1 Å². The molecular formula is C22H26ClN3O2. The van der Waals surface area contributed by atoms with E-state index >= 15 is 0 Å². The second-order valence-electron chi connectivity index (χ2n) is 6.60. The first-order chi connectivity index (χ1) is 13.7. The van der Waals surface area contributed by atoms with Gasteiger partial charge in [0.2, 0.25) is 5.91 Å². The average molecular weight is 400 g/mol. The second-order valence-corrected chi connectivity index (χ2v) is 7.04. The fraction of sp³-hybridized carbons (Fsp3) is 0.364. The molecule has 0 saturated carbocycles. The van der Waals surface area contributed by atoms with Crippen LogP contribution in [0.3, 0.4) is 0 Å². The van der Waals surface area contributed by atoms with Gasteiger partial charge in [0, 0.05) is 48.7 Å². The number of fused-ring (bicyclic) bond motifs is 1. The topological polar surface area (TPSA) is 56.1 Å². The number of aromatic nitrogens is 2. The number of hydrogen-bond donors (Lipinski definition) is 1. The zero-order valence-electron chi connectivity index (χ0n) is 16.2. The van der Waals surface area contributed by atoms with E-state index in [4.69, 9.17) is 21.4 Å². The van der Waals surface area contributed by atoms with E-state index in [2.05, 4.69) is 5.32 Å². The van der Waals surface area contributed by atoms with Crippen molar-refractivity contribution in [1.82, 2.24) is 15.1 Å². The molecule has 28 heavy (non-hydrogen) atoms. The van der Waals surface area contributed by atoms with Crippen LogP contribution in [-0.2, 0) is 16.1 Å². The molecule has 0 unspecified atom stereocenters. The molecular weight excluding hydrogens is 374 g/mol. The predicted molar refractivity (Wildman–Crippen MR) is 114 cm³/mol. The minimum absolute atomic E-state index is 0.0688. The number of rotatable bonds is 10. The van der Waals surface area contributed by atoms with Gasteiger partial charge in [-0.15, -0.1) is 0 Å². The van der Waals surface area contributed by atoms with Crippen molar-refractivity contribution < 1.29 is 9.53 Å². The van der Waals surface area contributed by atoms with Crippen molar-refractivity contribution >= 4 is 28.4 Å². The van der Waals surface area contributed by atoms with E-state index in [1.807, 2.05) is 60.1 Å². The molecule has 6 heteroatoms. The van der Waals surface area contributed by atoms with Crippen molar-refractivity contribution in [1.29, 1.82) is 0 Å². The molecule has 2 aromatic carbocycles. The minimum Gasteiger partial charge on any atom is -0.382 e. The molecule has 0 radical (unpaired) electrons. The van der Waals surface area contributed by atoms with E-state index in [0.717, 1.165) is 35.0 Å². The van der Waals surface area contributed by atoms with E-state index in [-0.39, 0.29) is 5.91 Å². The Hall–Kier alpha value is -2.37. The van der Waals surface area contributed by atoms with Gasteiger partial charge in [-0.3, -0.25) is 9.48 Å². The SMILES string of the molecule is CCOCCCNC(=O)CCCn1nc(-c2ccccc2)c2cc(Cl)ccc21. The molecule has 3 rings (SSSR count). The predicted octanol–water partition coefficient (Wildman–Crippen LogP) is 4.68. The molecule has 1 aromatic heterocycles. The lowest BCUT2D eigenvalue weighted by Crippen LogP contribution is -2.25. The van der Waals surface area contributed by atoms with Gasteiger partial charge >= 0.3 is 0 Å². The molecule has 0 aliphatic heterocycles. The fourth-order valence-corrected chi connectivity index (χ4v) is 3.33. The molecule has 0 aliphatic rings. The summed E-state index contributed by atoms with van der Waals surface area (Å²) in [5.41, 5.74) is 3.00. The number of hydrogen-bond acceptors (Lipinski definition) is 3. The molecule has 0 bridgehead atoms. The lowest BCUT2D eigenvalue weighted by Gasteiger charge is -2.06. The van der Waals surface area contributed by atoms with Gasteiger partial charge in [0.05, 0.1) is 5.52 Å². The Morgan fingerprint density at radius 1 is 1.18 bits per heavy atom. The average Bonchev–Trinajstić information content (AvgIpc) is 3.06. The van der Waals surface area contributed by atoms with E-state index in [1.165, 1.54) is 0 Å². The van der Waals surface area contributed by atoms with E-state index < -0.39 is 0 Å². The first-order valence-electron chi connectivity index (χ1n) is 9.75. The van der Waals surface area contributed by atoms with Crippen LogP contribution >= 0.6 is 11.6 Å². The van der Waals surface area contributed by atoms with Crippen LogP contribution in [0.25, 0.3) is 22.2 Å². The third-order valence-electron chi connectivity index (χ3n) is 4.53. The maximum absolute atomic E-state index is 12.0. The zero-order valence-corrected chi connectivity index (χ0v) is 16.9. The molecule has 0 fully saturated rings. The summed E-state index contributed by atoms with van der Waals surface area (Å²) in [5, 5.41) is 9.46. The Morgan fingerprint density at radius 2 is 2.00 bits per heavy atom. The van der Waals surface area contributed by atoms with Crippen LogP contribution in [0.4, 0.5) is 0 Å². The zero-order chi connectivity index (χ0) is 19.8. The van der Waals surface area contributed by atoms with Gasteiger partial charge in [0.1, 0.15) is 5.69 Å². The first kappa shape index (κ1) is 20.4. The molecule has 1 N–H and O–H groups in total. The highest BCUT2D eigenvalue weighted by atomic mass is 35.5. The van der Waals surface area contributed by atoms with Crippen LogP contribution in [0.1, 0.15) is 26.2 Å². The highest BCUT2D eigenvalue weighted by Gasteiger charge is 2.13. The van der Waals surface area contributed by atoms with Crippen molar-refractivity contribution in [3.05, 3.63) is 53.6 Å². The summed E-state index contributed by atoms with van der Waals surface area (Å²) < 4.78 is 7.24. The van der Waals surface area contributed by atoms with Crippen molar-refractivity contribution in [2.45, 2.75) is 32.7 Å². The Bertz CT molecular complexity index is 909. The van der Waals surface area contributed by atoms with Crippen LogP contribution in [0.2, 0.25) is 5.02 Å². The van der Waals surface area contributed by atoms with E-state index in [1.54, 1.807) is 0 Å². The number of nitrogens with one attached hydrogen (secondary N) is 1. The third-order valence-corrected chi connectivity index (χ3v) is 4.76. The van der Waals surface area contributed by atoms with Crippen molar-refractivity contribution in [3.8, 4) is 11.3 Å². The molecule has 1 amide bonds. The Morgan fingerprint density at radius 3 is 2.79 bits per heavy atom.